The summed E-state index contributed by atoms with van der Waals surface area (Å²) >= 11 is 0. The Bertz CT molecular complexity index is 628. The van der Waals surface area contributed by atoms with Gasteiger partial charge in [-0.1, -0.05) is 25.0 Å². The highest BCUT2D eigenvalue weighted by Gasteiger charge is 2.12. The normalized spacial score (nSPS) is 11.2. The Balaban J connectivity index is 2.86. The third-order valence-corrected chi connectivity index (χ3v) is 3.30. The molecule has 2 nitrogen and oxygen atoms in total. The fraction of sp³-hybridized carbons (Fsp3) is 0.400. The summed E-state index contributed by atoms with van der Waals surface area (Å²) in [5, 5.41) is 1.90. The minimum atomic E-state index is 0.137. The molecule has 1 heterocycles. The highest BCUT2D eigenvalue weighted by atomic mass is 16.1. The maximum Gasteiger partial charge on any atom is 0.259 e. The molecule has 0 bridgehead atoms. The SMILES string of the molecule is C[B]Cc1cc2cccc(C)c2c(=O)n1C(C)C. The summed E-state index contributed by atoms with van der Waals surface area (Å²) in [4.78, 5) is 12.6. The number of nitrogens with zero attached hydrogens (tertiary/aromatic N) is 1. The lowest BCUT2D eigenvalue weighted by atomic mass is 9.76. The number of pyridine rings is 1. The number of fused-ring (bicyclic) bond motifs is 1. The highest BCUT2D eigenvalue weighted by Crippen LogP contribution is 2.18. The van der Waals surface area contributed by atoms with Crippen LogP contribution >= 0.6 is 0 Å². The lowest BCUT2D eigenvalue weighted by molar-refractivity contribution is 0.564. The first-order chi connectivity index (χ1) is 8.56. The lowest BCUT2D eigenvalue weighted by Crippen LogP contribution is -2.26. The van der Waals surface area contributed by atoms with Gasteiger partial charge in [-0.25, -0.2) is 0 Å². The molecule has 0 amide bonds. The minimum absolute atomic E-state index is 0.137. The van der Waals surface area contributed by atoms with Gasteiger partial charge >= 0.3 is 0 Å². The van der Waals surface area contributed by atoms with E-state index in [1.165, 1.54) is 0 Å². The fourth-order valence-corrected chi connectivity index (χ4v) is 2.54. The topological polar surface area (TPSA) is 22.0 Å². The Morgan fingerprint density at radius 2 is 2.06 bits per heavy atom. The van der Waals surface area contributed by atoms with E-state index in [2.05, 4.69) is 27.2 Å². The van der Waals surface area contributed by atoms with Gasteiger partial charge in [0, 0.05) is 11.7 Å². The van der Waals surface area contributed by atoms with Crippen LogP contribution in [-0.2, 0) is 6.32 Å². The first kappa shape index (κ1) is 12.9. The van der Waals surface area contributed by atoms with E-state index in [0.29, 0.717) is 0 Å². The van der Waals surface area contributed by atoms with Gasteiger partial charge in [-0.2, -0.15) is 0 Å². The molecule has 0 saturated carbocycles. The third-order valence-electron chi connectivity index (χ3n) is 3.30. The standard InChI is InChI=1S/C15H19BNO/c1-10(2)17-13(9-16-4)8-12-7-5-6-11(3)14(12)15(17)18/h5-8,10H,9H2,1-4H3. The van der Waals surface area contributed by atoms with Gasteiger partial charge in [0.05, 0.1) is 5.39 Å². The molecule has 0 atom stereocenters. The molecule has 0 spiro atoms. The Kier molecular flexibility index (Phi) is 3.60. The van der Waals surface area contributed by atoms with Gasteiger partial charge in [0.25, 0.3) is 5.56 Å². The van der Waals surface area contributed by atoms with Crippen molar-refractivity contribution >= 4 is 18.1 Å². The molecule has 0 fully saturated rings. The van der Waals surface area contributed by atoms with Gasteiger partial charge in [-0.05, 0) is 44.1 Å². The molecular formula is C15H19BNO. The fourth-order valence-electron chi connectivity index (χ4n) is 2.54. The van der Waals surface area contributed by atoms with Crippen molar-refractivity contribution < 1.29 is 0 Å². The van der Waals surface area contributed by atoms with E-state index in [4.69, 9.17) is 0 Å². The molecule has 1 radical (unpaired) electrons. The van der Waals surface area contributed by atoms with Gasteiger partial charge < -0.3 is 4.57 Å². The van der Waals surface area contributed by atoms with E-state index in [0.717, 1.165) is 28.4 Å². The lowest BCUT2D eigenvalue weighted by Gasteiger charge is -2.18. The van der Waals surface area contributed by atoms with E-state index >= 15 is 0 Å². The monoisotopic (exact) mass is 240 g/mol. The van der Waals surface area contributed by atoms with Crippen LogP contribution in [-0.4, -0.2) is 11.8 Å². The molecular weight excluding hydrogens is 221 g/mol. The van der Waals surface area contributed by atoms with Gasteiger partial charge in [-0.15, -0.1) is 0 Å². The molecule has 0 N–H and O–H groups in total. The van der Waals surface area contributed by atoms with Crippen LogP contribution in [0.2, 0.25) is 6.82 Å². The summed E-state index contributed by atoms with van der Waals surface area (Å²) in [6.07, 6.45) is 0.831. The summed E-state index contributed by atoms with van der Waals surface area (Å²) < 4.78 is 1.91. The van der Waals surface area contributed by atoms with Crippen molar-refractivity contribution in [1.29, 1.82) is 0 Å². The van der Waals surface area contributed by atoms with Crippen LogP contribution in [0.4, 0.5) is 0 Å². The van der Waals surface area contributed by atoms with Crippen molar-refractivity contribution in [1.82, 2.24) is 4.57 Å². The molecule has 0 saturated heterocycles. The zero-order valence-corrected chi connectivity index (χ0v) is 11.5. The van der Waals surface area contributed by atoms with E-state index in [-0.39, 0.29) is 11.6 Å². The Hall–Kier alpha value is -1.51. The van der Waals surface area contributed by atoms with Crippen LogP contribution in [0.1, 0.15) is 31.1 Å². The quantitative estimate of drug-likeness (QED) is 0.755. The third kappa shape index (κ3) is 2.10. The summed E-state index contributed by atoms with van der Waals surface area (Å²) in [6, 6.07) is 8.37. The zero-order chi connectivity index (χ0) is 13.3. The van der Waals surface area contributed by atoms with Crippen LogP contribution in [0.25, 0.3) is 10.8 Å². The molecule has 0 unspecified atom stereocenters. The van der Waals surface area contributed by atoms with Crippen LogP contribution in [0.15, 0.2) is 29.1 Å². The Labute approximate surface area is 109 Å². The predicted octanol–water partition coefficient (Wildman–Crippen LogP) is 3.14. The second-order valence-electron chi connectivity index (χ2n) is 5.06. The second-order valence-corrected chi connectivity index (χ2v) is 5.06. The van der Waals surface area contributed by atoms with Crippen LogP contribution in [0.5, 0.6) is 0 Å². The van der Waals surface area contributed by atoms with E-state index in [9.17, 15) is 4.79 Å². The molecule has 0 aliphatic heterocycles. The molecule has 0 aliphatic carbocycles. The van der Waals surface area contributed by atoms with Crippen LogP contribution < -0.4 is 5.56 Å². The van der Waals surface area contributed by atoms with Gasteiger partial charge in [-0.3, -0.25) is 4.79 Å². The number of hydrogen-bond acceptors (Lipinski definition) is 1. The Morgan fingerprint density at radius 1 is 1.33 bits per heavy atom. The van der Waals surface area contributed by atoms with Crippen LogP contribution in [0.3, 0.4) is 0 Å². The summed E-state index contributed by atoms with van der Waals surface area (Å²) in [5.74, 6) is 0. The van der Waals surface area contributed by atoms with E-state index in [1.54, 1.807) is 0 Å². The minimum Gasteiger partial charge on any atom is -0.310 e. The molecule has 2 rings (SSSR count). The van der Waals surface area contributed by atoms with Gasteiger partial charge in [0.1, 0.15) is 7.28 Å². The predicted molar refractivity (Wildman–Crippen MR) is 78.7 cm³/mol. The molecule has 1 aromatic heterocycles. The highest BCUT2D eigenvalue weighted by molar-refractivity contribution is 6.32. The molecule has 18 heavy (non-hydrogen) atoms. The number of rotatable bonds is 3. The van der Waals surface area contributed by atoms with Crippen molar-refractivity contribution in [3.8, 4) is 0 Å². The van der Waals surface area contributed by atoms with E-state index < -0.39 is 0 Å². The smallest absolute Gasteiger partial charge is 0.259 e. The van der Waals surface area contributed by atoms with Crippen molar-refractivity contribution in [2.75, 3.05) is 0 Å². The molecule has 2 aromatic rings. The van der Waals surface area contributed by atoms with Crippen molar-refractivity contribution in [2.24, 2.45) is 0 Å². The summed E-state index contributed by atoms with van der Waals surface area (Å²) in [6.45, 7) is 8.14. The zero-order valence-electron chi connectivity index (χ0n) is 11.5. The average Bonchev–Trinajstić information content (AvgIpc) is 2.28. The van der Waals surface area contributed by atoms with E-state index in [1.807, 2.05) is 36.5 Å². The number of aryl methyl sites for hydroxylation is 1. The van der Waals surface area contributed by atoms with Crippen molar-refractivity contribution in [3.63, 3.8) is 0 Å². The van der Waals surface area contributed by atoms with Gasteiger partial charge in [0.15, 0.2) is 0 Å². The summed E-state index contributed by atoms with van der Waals surface area (Å²) in [7, 11) is 2.09. The van der Waals surface area contributed by atoms with Crippen molar-refractivity contribution in [2.45, 2.75) is 40.0 Å². The first-order valence-corrected chi connectivity index (χ1v) is 6.47. The maximum absolute atomic E-state index is 12.6. The Morgan fingerprint density at radius 3 is 2.67 bits per heavy atom. The molecule has 0 aliphatic rings. The van der Waals surface area contributed by atoms with Gasteiger partial charge in [0.2, 0.25) is 0 Å². The number of hydrogen-bond donors (Lipinski definition) is 0. The average molecular weight is 240 g/mol. The van der Waals surface area contributed by atoms with Crippen molar-refractivity contribution in [3.05, 3.63) is 45.9 Å². The molecule has 3 heteroatoms. The van der Waals surface area contributed by atoms with Crippen LogP contribution in [0, 0.1) is 6.92 Å². The molecule has 1 aromatic carbocycles. The maximum atomic E-state index is 12.6. The second kappa shape index (κ2) is 5.01. The summed E-state index contributed by atoms with van der Waals surface area (Å²) in [5.41, 5.74) is 2.28. The number of aromatic nitrogens is 1. The largest absolute Gasteiger partial charge is 0.310 e. The number of benzene rings is 1. The molecule has 93 valence electrons. The first-order valence-electron chi connectivity index (χ1n) is 6.47.